The van der Waals surface area contributed by atoms with Crippen molar-refractivity contribution in [2.75, 3.05) is 11.9 Å². The molecule has 3 rings (SSSR count). The number of benzene rings is 1. The first kappa shape index (κ1) is 16.5. The van der Waals surface area contributed by atoms with Crippen LogP contribution in [0.1, 0.15) is 6.42 Å². The number of aromatic nitrogens is 3. The van der Waals surface area contributed by atoms with E-state index in [0.29, 0.717) is 18.1 Å². The van der Waals surface area contributed by atoms with E-state index in [0.717, 1.165) is 18.7 Å². The van der Waals surface area contributed by atoms with E-state index in [4.69, 9.17) is 4.74 Å². The van der Waals surface area contributed by atoms with E-state index in [-0.39, 0.29) is 6.03 Å². The third-order valence-corrected chi connectivity index (χ3v) is 3.37. The molecule has 7 heteroatoms. The van der Waals surface area contributed by atoms with Crippen LogP contribution in [0, 0.1) is 0 Å². The summed E-state index contributed by atoms with van der Waals surface area (Å²) in [6, 6.07) is 14.5. The normalized spacial score (nSPS) is 10.2. The zero-order valence-electron chi connectivity index (χ0n) is 13.6. The van der Waals surface area contributed by atoms with Crippen LogP contribution in [0.4, 0.5) is 10.6 Å². The molecule has 2 heterocycles. The van der Waals surface area contributed by atoms with Crippen molar-refractivity contribution in [3.05, 3.63) is 67.1 Å². The van der Waals surface area contributed by atoms with Crippen LogP contribution in [-0.4, -0.2) is 27.3 Å². The second-order valence-corrected chi connectivity index (χ2v) is 5.30. The van der Waals surface area contributed by atoms with Gasteiger partial charge in [0.2, 0.25) is 0 Å². The number of aryl methyl sites for hydroxylation is 1. The van der Waals surface area contributed by atoms with Gasteiger partial charge in [-0.3, -0.25) is 10.00 Å². The highest BCUT2D eigenvalue weighted by atomic mass is 16.5. The Kier molecular flexibility index (Phi) is 5.60. The molecule has 0 bridgehead atoms. The molecule has 0 radical (unpaired) electrons. The first-order chi connectivity index (χ1) is 12.3. The van der Waals surface area contributed by atoms with Gasteiger partial charge in [-0.25, -0.2) is 9.78 Å². The van der Waals surface area contributed by atoms with Crippen LogP contribution in [0.3, 0.4) is 0 Å². The van der Waals surface area contributed by atoms with Crippen molar-refractivity contribution >= 4 is 11.8 Å². The Labute approximate surface area is 145 Å². The molecule has 0 aliphatic rings. The predicted octanol–water partition coefficient (Wildman–Crippen LogP) is 3.28. The largest absolute Gasteiger partial charge is 0.456 e. The molecule has 2 N–H and O–H groups in total. The van der Waals surface area contributed by atoms with Crippen molar-refractivity contribution in [1.29, 1.82) is 0 Å². The van der Waals surface area contributed by atoms with Crippen LogP contribution >= 0.6 is 0 Å². The summed E-state index contributed by atoms with van der Waals surface area (Å²) in [4.78, 5) is 16.0. The summed E-state index contributed by atoms with van der Waals surface area (Å²) in [5, 5.41) is 9.58. The molecule has 0 unspecified atom stereocenters. The molecule has 1 aromatic carbocycles. The van der Waals surface area contributed by atoms with Crippen LogP contribution in [0.5, 0.6) is 11.5 Å². The van der Waals surface area contributed by atoms with E-state index in [2.05, 4.69) is 20.7 Å². The van der Waals surface area contributed by atoms with Crippen molar-refractivity contribution < 1.29 is 9.53 Å². The monoisotopic (exact) mass is 337 g/mol. The molecule has 7 nitrogen and oxygen atoms in total. The molecule has 3 aromatic rings. The van der Waals surface area contributed by atoms with E-state index in [9.17, 15) is 4.79 Å². The number of carbonyl (C=O) groups excluding carboxylic acids is 1. The molecule has 2 aromatic heterocycles. The summed E-state index contributed by atoms with van der Waals surface area (Å²) in [6.45, 7) is 1.32. The van der Waals surface area contributed by atoms with Gasteiger partial charge in [0.05, 0.1) is 6.20 Å². The number of ether oxygens (including phenoxy) is 1. The van der Waals surface area contributed by atoms with Gasteiger partial charge in [-0.05, 0) is 36.8 Å². The number of nitrogens with one attached hydrogen (secondary N) is 2. The van der Waals surface area contributed by atoms with E-state index >= 15 is 0 Å². The lowest BCUT2D eigenvalue weighted by molar-refractivity contribution is 0.251. The molecule has 0 atom stereocenters. The number of rotatable bonds is 7. The first-order valence-electron chi connectivity index (χ1n) is 8.01. The summed E-state index contributed by atoms with van der Waals surface area (Å²) in [6.07, 6.45) is 5.99. The minimum atomic E-state index is -0.287. The van der Waals surface area contributed by atoms with Crippen molar-refractivity contribution in [2.45, 2.75) is 13.0 Å². The Morgan fingerprint density at radius 2 is 1.96 bits per heavy atom. The first-order valence-corrected chi connectivity index (χ1v) is 8.01. The highest BCUT2D eigenvalue weighted by Crippen LogP contribution is 2.20. The summed E-state index contributed by atoms with van der Waals surface area (Å²) < 4.78 is 7.48. The Morgan fingerprint density at radius 3 is 2.68 bits per heavy atom. The molecular weight excluding hydrogens is 318 g/mol. The molecular formula is C18H19N5O2. The minimum Gasteiger partial charge on any atom is -0.456 e. The number of hydrogen-bond donors (Lipinski definition) is 2. The molecule has 2 amide bonds. The summed E-state index contributed by atoms with van der Waals surface area (Å²) in [5.41, 5.74) is 0. The zero-order chi connectivity index (χ0) is 17.3. The summed E-state index contributed by atoms with van der Waals surface area (Å²) >= 11 is 0. The lowest BCUT2D eigenvalue weighted by Gasteiger charge is -2.08. The van der Waals surface area contributed by atoms with E-state index in [1.165, 1.54) is 0 Å². The lowest BCUT2D eigenvalue weighted by atomic mass is 10.3. The minimum absolute atomic E-state index is 0.287. The third kappa shape index (κ3) is 5.35. The van der Waals surface area contributed by atoms with Gasteiger partial charge < -0.3 is 10.1 Å². The molecule has 0 aliphatic carbocycles. The number of nitrogens with zero attached hydrogens (tertiary/aromatic N) is 3. The van der Waals surface area contributed by atoms with Gasteiger partial charge in [0, 0.05) is 25.5 Å². The Balaban J connectivity index is 1.40. The van der Waals surface area contributed by atoms with Gasteiger partial charge in [-0.2, -0.15) is 5.10 Å². The number of amides is 2. The second-order valence-electron chi connectivity index (χ2n) is 5.30. The number of pyridine rings is 1. The number of hydrogen-bond acceptors (Lipinski definition) is 4. The fraction of sp³-hybridized carbons (Fsp3) is 0.167. The highest BCUT2D eigenvalue weighted by Gasteiger charge is 2.03. The van der Waals surface area contributed by atoms with Gasteiger partial charge in [-0.1, -0.05) is 18.2 Å². The number of carbonyl (C=O) groups is 1. The summed E-state index contributed by atoms with van der Waals surface area (Å²) in [7, 11) is 0. The van der Waals surface area contributed by atoms with Gasteiger partial charge in [0.25, 0.3) is 0 Å². The van der Waals surface area contributed by atoms with E-state index < -0.39 is 0 Å². The molecule has 0 saturated heterocycles. The van der Waals surface area contributed by atoms with Crippen molar-refractivity contribution in [1.82, 2.24) is 20.1 Å². The molecule has 0 aliphatic heterocycles. The smallest absolute Gasteiger partial charge is 0.320 e. The van der Waals surface area contributed by atoms with Gasteiger partial charge in [0.1, 0.15) is 17.3 Å². The van der Waals surface area contributed by atoms with Crippen molar-refractivity contribution in [2.24, 2.45) is 0 Å². The van der Waals surface area contributed by atoms with Crippen LogP contribution < -0.4 is 15.4 Å². The molecule has 25 heavy (non-hydrogen) atoms. The Morgan fingerprint density at radius 1 is 1.08 bits per heavy atom. The van der Waals surface area contributed by atoms with E-state index in [1.54, 1.807) is 24.5 Å². The number of anilines is 1. The van der Waals surface area contributed by atoms with Crippen molar-refractivity contribution in [3.63, 3.8) is 0 Å². The van der Waals surface area contributed by atoms with Gasteiger partial charge in [0.15, 0.2) is 0 Å². The van der Waals surface area contributed by atoms with Crippen LogP contribution in [-0.2, 0) is 6.54 Å². The number of para-hydroxylation sites is 1. The van der Waals surface area contributed by atoms with Crippen LogP contribution in [0.2, 0.25) is 0 Å². The SMILES string of the molecule is O=C(NCCCn1cccn1)Nc1ccc(Oc2ccccc2)cn1. The maximum atomic E-state index is 11.8. The quantitative estimate of drug-likeness (QED) is 0.648. The van der Waals surface area contributed by atoms with E-state index in [1.807, 2.05) is 47.3 Å². The average molecular weight is 337 g/mol. The third-order valence-electron chi connectivity index (χ3n) is 3.37. The lowest BCUT2D eigenvalue weighted by Crippen LogP contribution is -2.30. The highest BCUT2D eigenvalue weighted by molar-refractivity contribution is 5.88. The van der Waals surface area contributed by atoms with Crippen molar-refractivity contribution in [3.8, 4) is 11.5 Å². The summed E-state index contributed by atoms with van der Waals surface area (Å²) in [5.74, 6) is 1.81. The van der Waals surface area contributed by atoms with Crippen LogP contribution in [0.25, 0.3) is 0 Å². The molecule has 128 valence electrons. The Hall–Kier alpha value is -3.35. The zero-order valence-corrected chi connectivity index (χ0v) is 13.6. The standard InChI is InChI=1S/C18H19N5O2/c24-18(19-10-4-12-23-13-5-11-21-23)22-17-9-8-16(14-20-17)25-15-6-2-1-3-7-15/h1-3,5-9,11,13-14H,4,10,12H2,(H2,19,20,22,24). The maximum Gasteiger partial charge on any atom is 0.320 e. The second kappa shape index (κ2) is 8.49. The average Bonchev–Trinajstić information content (AvgIpc) is 3.15. The Bertz CT molecular complexity index is 773. The van der Waals surface area contributed by atoms with Gasteiger partial charge >= 0.3 is 6.03 Å². The fourth-order valence-corrected chi connectivity index (χ4v) is 2.18. The molecule has 0 saturated carbocycles. The molecule has 0 spiro atoms. The van der Waals surface area contributed by atoms with Crippen LogP contribution in [0.15, 0.2) is 67.1 Å². The molecule has 0 fully saturated rings. The predicted molar refractivity (Wildman–Crippen MR) is 94.6 cm³/mol. The van der Waals surface area contributed by atoms with Gasteiger partial charge in [-0.15, -0.1) is 0 Å². The number of urea groups is 1. The fourth-order valence-electron chi connectivity index (χ4n) is 2.18. The topological polar surface area (TPSA) is 81.1 Å². The maximum absolute atomic E-state index is 11.8.